The summed E-state index contributed by atoms with van der Waals surface area (Å²) in [5.41, 5.74) is 1.65. The third kappa shape index (κ3) is 10.7. The fourth-order valence-corrected chi connectivity index (χ4v) is 5.68. The zero-order valence-corrected chi connectivity index (χ0v) is 30.2. The second kappa shape index (κ2) is 17.8. The van der Waals surface area contributed by atoms with E-state index >= 15 is 0 Å². The normalized spacial score (nSPS) is 19.4. The smallest absolute Gasteiger partial charge is 0.257 e. The minimum absolute atomic E-state index is 0.0385. The molecular weight excluding hydrogens is 678 g/mol. The lowest BCUT2D eigenvalue weighted by Gasteiger charge is -2.25. The summed E-state index contributed by atoms with van der Waals surface area (Å²) in [6, 6.07) is 15.9. The molecule has 5 amide bonds. The molecule has 0 radical (unpaired) electrons. The Balaban J connectivity index is 1.38. The highest BCUT2D eigenvalue weighted by molar-refractivity contribution is 5.97. The molecule has 53 heavy (non-hydrogen) atoms. The zero-order chi connectivity index (χ0) is 37.9. The van der Waals surface area contributed by atoms with Gasteiger partial charge in [0.1, 0.15) is 24.5 Å². The molecule has 2 aromatic heterocycles. The van der Waals surface area contributed by atoms with Crippen LogP contribution in [0.2, 0.25) is 0 Å². The van der Waals surface area contributed by atoms with Crippen LogP contribution >= 0.6 is 0 Å². The Morgan fingerprint density at radius 2 is 1.53 bits per heavy atom. The number of hydrogen-bond acceptors (Lipinski definition) is 10. The summed E-state index contributed by atoms with van der Waals surface area (Å²) >= 11 is 0. The first-order chi connectivity index (χ1) is 25.5. The molecule has 4 aromatic rings. The SMILES string of the molecule is CC(C)C[C@H]1NC(=O)[C@@H](C)NC(=O)CN(C(=O)c2cnc(Nc3ccccc3)nc2)CCCNC(=O)Cn2nc(-c3ccccc3)nc2[C@H](C)NC1=O. The van der Waals surface area contributed by atoms with E-state index in [1.807, 2.05) is 74.5 Å². The summed E-state index contributed by atoms with van der Waals surface area (Å²) in [6.45, 7) is 6.78. The van der Waals surface area contributed by atoms with Crippen LogP contribution in [0.25, 0.3) is 11.4 Å². The Morgan fingerprint density at radius 1 is 0.849 bits per heavy atom. The lowest BCUT2D eigenvalue weighted by Crippen LogP contribution is -2.54. The van der Waals surface area contributed by atoms with Crippen molar-refractivity contribution >= 4 is 41.2 Å². The fraction of sp³-hybridized carbons (Fsp3) is 0.378. The number of carbonyl (C=O) groups excluding carboxylic acids is 5. The van der Waals surface area contributed by atoms with Crippen molar-refractivity contribution in [2.45, 2.75) is 65.2 Å². The van der Waals surface area contributed by atoms with E-state index in [-0.39, 0.29) is 49.5 Å². The van der Waals surface area contributed by atoms with Crippen LogP contribution in [0.4, 0.5) is 11.6 Å². The summed E-state index contributed by atoms with van der Waals surface area (Å²) < 4.78 is 1.45. The van der Waals surface area contributed by atoms with Gasteiger partial charge in [0.2, 0.25) is 29.6 Å². The summed E-state index contributed by atoms with van der Waals surface area (Å²) in [5, 5.41) is 18.8. The monoisotopic (exact) mass is 723 g/mol. The fourth-order valence-electron chi connectivity index (χ4n) is 5.68. The number of amides is 5. The highest BCUT2D eigenvalue weighted by atomic mass is 16.2. The van der Waals surface area contributed by atoms with E-state index in [9.17, 15) is 24.0 Å². The molecule has 5 rings (SSSR count). The third-order valence-corrected chi connectivity index (χ3v) is 8.36. The van der Waals surface area contributed by atoms with Crippen molar-refractivity contribution in [2.24, 2.45) is 5.92 Å². The molecule has 5 N–H and O–H groups in total. The van der Waals surface area contributed by atoms with E-state index in [2.05, 4.69) is 46.6 Å². The topological polar surface area (TPSA) is 205 Å². The minimum atomic E-state index is -1.02. The van der Waals surface area contributed by atoms with Crippen molar-refractivity contribution in [1.82, 2.24) is 50.9 Å². The quantitative estimate of drug-likeness (QED) is 0.196. The minimum Gasteiger partial charge on any atom is -0.354 e. The maximum atomic E-state index is 13.7. The summed E-state index contributed by atoms with van der Waals surface area (Å²) in [5.74, 6) is -1.43. The van der Waals surface area contributed by atoms with E-state index in [4.69, 9.17) is 0 Å². The summed E-state index contributed by atoms with van der Waals surface area (Å²) in [7, 11) is 0. The van der Waals surface area contributed by atoms with Crippen LogP contribution in [0.3, 0.4) is 0 Å². The molecule has 0 saturated carbocycles. The van der Waals surface area contributed by atoms with E-state index in [1.54, 1.807) is 6.92 Å². The second-order valence-corrected chi connectivity index (χ2v) is 13.2. The largest absolute Gasteiger partial charge is 0.354 e. The molecule has 16 nitrogen and oxygen atoms in total. The van der Waals surface area contributed by atoms with Crippen LogP contribution in [0.15, 0.2) is 73.1 Å². The number of fused-ring (bicyclic) bond motifs is 1. The lowest BCUT2D eigenvalue weighted by molar-refractivity contribution is -0.132. The predicted octanol–water partition coefficient (Wildman–Crippen LogP) is 2.35. The van der Waals surface area contributed by atoms with Crippen molar-refractivity contribution in [1.29, 1.82) is 0 Å². The number of rotatable bonds is 6. The van der Waals surface area contributed by atoms with E-state index < -0.39 is 41.8 Å². The highest BCUT2D eigenvalue weighted by Crippen LogP contribution is 2.20. The Morgan fingerprint density at radius 3 is 2.21 bits per heavy atom. The number of para-hydroxylation sites is 1. The van der Waals surface area contributed by atoms with Crippen molar-refractivity contribution in [3.05, 3.63) is 84.4 Å². The van der Waals surface area contributed by atoms with E-state index in [1.165, 1.54) is 28.9 Å². The number of carbonyl (C=O) groups is 5. The molecule has 3 atom stereocenters. The van der Waals surface area contributed by atoms with Gasteiger partial charge in [-0.1, -0.05) is 62.4 Å². The Kier molecular flexibility index (Phi) is 12.8. The van der Waals surface area contributed by atoms with Gasteiger partial charge in [0.25, 0.3) is 5.91 Å². The maximum Gasteiger partial charge on any atom is 0.257 e. The number of hydrogen-bond donors (Lipinski definition) is 5. The number of anilines is 2. The van der Waals surface area contributed by atoms with Gasteiger partial charge < -0.3 is 31.5 Å². The van der Waals surface area contributed by atoms with Gasteiger partial charge >= 0.3 is 0 Å². The first kappa shape index (κ1) is 38.1. The van der Waals surface area contributed by atoms with Crippen molar-refractivity contribution in [2.75, 3.05) is 25.0 Å². The van der Waals surface area contributed by atoms with Crippen molar-refractivity contribution in [3.63, 3.8) is 0 Å². The first-order valence-electron chi connectivity index (χ1n) is 17.6. The zero-order valence-electron chi connectivity index (χ0n) is 30.2. The maximum absolute atomic E-state index is 13.7. The summed E-state index contributed by atoms with van der Waals surface area (Å²) in [6.07, 6.45) is 3.35. The molecule has 0 bridgehead atoms. The number of nitrogens with one attached hydrogen (secondary N) is 5. The van der Waals surface area contributed by atoms with E-state index in [0.717, 1.165) is 11.3 Å². The summed E-state index contributed by atoms with van der Waals surface area (Å²) in [4.78, 5) is 81.6. The van der Waals surface area contributed by atoms with Gasteiger partial charge in [-0.25, -0.2) is 19.6 Å². The van der Waals surface area contributed by atoms with Crippen LogP contribution in [0.1, 0.15) is 62.8 Å². The molecule has 0 spiro atoms. The van der Waals surface area contributed by atoms with Crippen molar-refractivity contribution < 1.29 is 24.0 Å². The average molecular weight is 724 g/mol. The molecule has 1 aliphatic rings. The van der Waals surface area contributed by atoms with Crippen LogP contribution in [-0.4, -0.2) is 90.9 Å². The highest BCUT2D eigenvalue weighted by Gasteiger charge is 2.29. The molecule has 1 aliphatic heterocycles. The van der Waals surface area contributed by atoms with Gasteiger partial charge in [0.15, 0.2) is 5.82 Å². The van der Waals surface area contributed by atoms with Crippen LogP contribution < -0.4 is 26.6 Å². The first-order valence-corrected chi connectivity index (χ1v) is 17.6. The third-order valence-electron chi connectivity index (χ3n) is 8.36. The van der Waals surface area contributed by atoms with Gasteiger partial charge in [-0.2, -0.15) is 5.10 Å². The van der Waals surface area contributed by atoms with Crippen molar-refractivity contribution in [3.8, 4) is 11.4 Å². The number of nitrogens with zero attached hydrogens (tertiary/aromatic N) is 6. The van der Waals surface area contributed by atoms with Gasteiger partial charge in [-0.05, 0) is 44.7 Å². The van der Waals surface area contributed by atoms with Crippen LogP contribution in [-0.2, 0) is 25.7 Å². The molecule has 0 fully saturated rings. The Hall–Kier alpha value is -6.19. The second-order valence-electron chi connectivity index (χ2n) is 13.2. The molecule has 0 aliphatic carbocycles. The predicted molar refractivity (Wildman–Crippen MR) is 196 cm³/mol. The van der Waals surface area contributed by atoms with Crippen LogP contribution in [0.5, 0.6) is 0 Å². The standard InChI is InChI=1S/C37H45N11O5/c1-23(2)18-29-35(52)42-24(3)33-45-32(26-12-7-5-8-13-26)46-48(33)22-30(49)38-16-11-17-47(21-31(50)41-25(4)34(51)44-29)36(53)27-19-39-37(40-20-27)43-28-14-9-6-10-15-28/h5-10,12-15,19-20,23-25,29H,11,16-18,21-22H2,1-4H3,(H,38,49)(H,41,50)(H,42,52)(H,44,51)(H,39,40,43)/t24-,25+,29+/m0/s1. The lowest BCUT2D eigenvalue weighted by atomic mass is 10.0. The number of benzene rings is 2. The molecule has 0 saturated heterocycles. The molecule has 0 unspecified atom stereocenters. The molecule has 2 aromatic carbocycles. The Bertz CT molecular complexity index is 1880. The van der Waals surface area contributed by atoms with Gasteiger partial charge in [0.05, 0.1) is 18.2 Å². The molecule has 3 heterocycles. The van der Waals surface area contributed by atoms with E-state index in [0.29, 0.717) is 24.5 Å². The Labute approximate surface area is 307 Å². The van der Waals surface area contributed by atoms with Gasteiger partial charge in [0, 0.05) is 36.7 Å². The molecular formula is C37H45N11O5. The molecule has 16 heteroatoms. The molecule has 278 valence electrons. The average Bonchev–Trinajstić information content (AvgIpc) is 3.56. The number of aromatic nitrogens is 5. The van der Waals surface area contributed by atoms with Gasteiger partial charge in [-0.3, -0.25) is 24.0 Å². The van der Waals surface area contributed by atoms with Gasteiger partial charge in [-0.15, -0.1) is 0 Å². The van der Waals surface area contributed by atoms with Crippen LogP contribution in [0, 0.1) is 5.92 Å².